The Hall–Kier alpha value is 1.09. The van der Waals surface area contributed by atoms with Gasteiger partial charge in [-0.25, -0.2) is 0 Å². The molecule has 0 rings (SSSR count). The van der Waals surface area contributed by atoms with Crippen molar-refractivity contribution in [3.8, 4) is 0 Å². The zero-order valence-corrected chi connectivity index (χ0v) is 10.6. The van der Waals surface area contributed by atoms with Crippen LogP contribution in [0.4, 0.5) is 0 Å². The fourth-order valence-corrected chi connectivity index (χ4v) is 2.82. The second-order valence-electron chi connectivity index (χ2n) is 3.29. The summed E-state index contributed by atoms with van der Waals surface area (Å²) in [4.78, 5) is 9.29. The molecule has 0 amide bonds. The van der Waals surface area contributed by atoms with E-state index in [1.807, 2.05) is 0 Å². The molecule has 0 aliphatic carbocycles. The Morgan fingerprint density at radius 2 is 1.50 bits per heavy atom. The first-order valence-electron chi connectivity index (χ1n) is 4.73. The molecule has 0 atom stereocenters. The Labute approximate surface area is 87.1 Å². The van der Waals surface area contributed by atoms with Gasteiger partial charge in [0.25, 0.3) is 0 Å². The monoisotopic (exact) mass is 228 g/mol. The molecule has 0 aromatic heterocycles. The standard InChI is InChI=1S/C8H21OPS2/c1-2-3-4-5-6-7-8-10(9,11)12/h9-12H,2-8H2,1H3. The molecule has 76 valence electrons. The van der Waals surface area contributed by atoms with Crippen molar-refractivity contribution in [3.63, 3.8) is 0 Å². The van der Waals surface area contributed by atoms with Crippen LogP contribution in [-0.2, 0) is 0 Å². The van der Waals surface area contributed by atoms with Crippen molar-refractivity contribution in [1.29, 1.82) is 0 Å². The molecule has 0 aliphatic heterocycles. The SMILES string of the molecule is CCCCCCCC[PH](O)(S)S. The topological polar surface area (TPSA) is 20.2 Å². The summed E-state index contributed by atoms with van der Waals surface area (Å²) in [5, 5.41) is 0. The van der Waals surface area contributed by atoms with Crippen molar-refractivity contribution in [1.82, 2.24) is 0 Å². The van der Waals surface area contributed by atoms with Gasteiger partial charge in [0.15, 0.2) is 0 Å². The molecule has 0 aliphatic rings. The molecule has 12 heavy (non-hydrogen) atoms. The van der Waals surface area contributed by atoms with Crippen LogP contribution in [0.2, 0.25) is 0 Å². The van der Waals surface area contributed by atoms with Gasteiger partial charge in [-0.15, -0.1) is 0 Å². The third kappa shape index (κ3) is 11.1. The van der Waals surface area contributed by atoms with Gasteiger partial charge in [-0.2, -0.15) is 0 Å². The van der Waals surface area contributed by atoms with Gasteiger partial charge < -0.3 is 0 Å². The fourth-order valence-electron chi connectivity index (χ4n) is 1.14. The van der Waals surface area contributed by atoms with E-state index in [1.165, 1.54) is 32.1 Å². The minimum atomic E-state index is -2.34. The van der Waals surface area contributed by atoms with Gasteiger partial charge >= 0.3 is 86.9 Å². The molecular weight excluding hydrogens is 207 g/mol. The predicted octanol–water partition coefficient (Wildman–Crippen LogP) is 3.69. The third-order valence-electron chi connectivity index (χ3n) is 1.87. The zero-order valence-electron chi connectivity index (χ0n) is 7.79. The second-order valence-corrected chi connectivity index (χ2v) is 10.8. The summed E-state index contributed by atoms with van der Waals surface area (Å²) in [6.45, 7) is 2.22. The van der Waals surface area contributed by atoms with E-state index in [2.05, 4.69) is 31.4 Å². The summed E-state index contributed by atoms with van der Waals surface area (Å²) >= 11 is 8.11. The van der Waals surface area contributed by atoms with Crippen molar-refractivity contribution in [2.45, 2.75) is 45.4 Å². The van der Waals surface area contributed by atoms with Gasteiger partial charge in [0.05, 0.1) is 0 Å². The van der Waals surface area contributed by atoms with Gasteiger partial charge in [-0.1, -0.05) is 0 Å². The van der Waals surface area contributed by atoms with Crippen LogP contribution in [0.25, 0.3) is 0 Å². The molecular formula is C8H21OPS2. The van der Waals surface area contributed by atoms with E-state index in [-0.39, 0.29) is 0 Å². The summed E-state index contributed by atoms with van der Waals surface area (Å²) in [6, 6.07) is 0. The van der Waals surface area contributed by atoms with E-state index < -0.39 is 5.89 Å². The number of hydrogen-bond donors (Lipinski definition) is 3. The van der Waals surface area contributed by atoms with E-state index in [1.54, 1.807) is 0 Å². The summed E-state index contributed by atoms with van der Waals surface area (Å²) in [6.07, 6.45) is 8.36. The van der Waals surface area contributed by atoms with Gasteiger partial charge in [-0.05, 0) is 0 Å². The molecule has 0 radical (unpaired) electrons. The maximum atomic E-state index is 9.29. The van der Waals surface area contributed by atoms with Crippen LogP contribution >= 0.6 is 30.4 Å². The first kappa shape index (κ1) is 13.1. The molecule has 0 saturated carbocycles. The van der Waals surface area contributed by atoms with E-state index in [9.17, 15) is 4.89 Å². The van der Waals surface area contributed by atoms with Gasteiger partial charge in [-0.3, -0.25) is 0 Å². The molecule has 0 spiro atoms. The van der Waals surface area contributed by atoms with Crippen LogP contribution < -0.4 is 0 Å². The molecule has 0 aromatic carbocycles. The molecule has 0 fully saturated rings. The number of unbranched alkanes of at least 4 members (excludes halogenated alkanes) is 5. The summed E-state index contributed by atoms with van der Waals surface area (Å²) in [5.74, 6) is -2.34. The second kappa shape index (κ2) is 7.49. The zero-order chi connectivity index (χ0) is 9.45. The fraction of sp³-hybridized carbons (Fsp3) is 1.00. The number of hydrogen-bond acceptors (Lipinski definition) is 3. The van der Waals surface area contributed by atoms with Crippen molar-refractivity contribution >= 4 is 30.4 Å². The quantitative estimate of drug-likeness (QED) is 0.345. The average molecular weight is 228 g/mol. The van der Waals surface area contributed by atoms with Crippen molar-refractivity contribution in [2.75, 3.05) is 6.16 Å². The molecule has 0 saturated heterocycles. The Kier molecular flexibility index (Phi) is 8.17. The minimum absolute atomic E-state index is 0.811. The van der Waals surface area contributed by atoms with E-state index in [0.29, 0.717) is 0 Å². The Morgan fingerprint density at radius 1 is 1.00 bits per heavy atom. The normalized spacial score (nSPS) is 13.3. The van der Waals surface area contributed by atoms with Crippen LogP contribution in [0.15, 0.2) is 0 Å². The van der Waals surface area contributed by atoms with Crippen LogP contribution in [0.5, 0.6) is 0 Å². The van der Waals surface area contributed by atoms with Crippen LogP contribution in [0.1, 0.15) is 45.4 Å². The molecule has 1 N–H and O–H groups in total. The van der Waals surface area contributed by atoms with E-state index >= 15 is 0 Å². The number of thiol groups is 2. The summed E-state index contributed by atoms with van der Waals surface area (Å²) < 4.78 is 0. The first-order valence-corrected chi connectivity index (χ1v) is 9.46. The Bertz CT molecular complexity index is 104. The van der Waals surface area contributed by atoms with Crippen molar-refractivity contribution in [2.24, 2.45) is 0 Å². The van der Waals surface area contributed by atoms with E-state index in [4.69, 9.17) is 0 Å². The Balaban J connectivity index is 3.01. The van der Waals surface area contributed by atoms with Crippen molar-refractivity contribution in [3.05, 3.63) is 0 Å². The molecule has 0 aromatic rings. The van der Waals surface area contributed by atoms with Gasteiger partial charge in [0.2, 0.25) is 0 Å². The average Bonchev–Trinajstić information content (AvgIpc) is 1.94. The van der Waals surface area contributed by atoms with Crippen LogP contribution in [0, 0.1) is 0 Å². The molecule has 1 nitrogen and oxygen atoms in total. The molecule has 0 bridgehead atoms. The maximum absolute atomic E-state index is 9.29. The van der Waals surface area contributed by atoms with Crippen LogP contribution in [-0.4, -0.2) is 11.1 Å². The summed E-state index contributed by atoms with van der Waals surface area (Å²) in [7, 11) is 0. The summed E-state index contributed by atoms with van der Waals surface area (Å²) in [5.41, 5.74) is 0. The predicted molar refractivity (Wildman–Crippen MR) is 66.7 cm³/mol. The molecule has 4 heteroatoms. The van der Waals surface area contributed by atoms with Gasteiger partial charge in [0, 0.05) is 0 Å². The van der Waals surface area contributed by atoms with Crippen LogP contribution in [0.3, 0.4) is 0 Å². The number of rotatable bonds is 7. The first-order chi connectivity index (χ1) is 5.56. The Morgan fingerprint density at radius 3 is 2.00 bits per heavy atom. The molecule has 0 unspecified atom stereocenters. The van der Waals surface area contributed by atoms with E-state index in [0.717, 1.165) is 12.6 Å². The van der Waals surface area contributed by atoms with Gasteiger partial charge in [0.1, 0.15) is 0 Å². The van der Waals surface area contributed by atoms with Crippen molar-refractivity contribution < 1.29 is 4.89 Å². The molecule has 0 heterocycles. The third-order valence-corrected chi connectivity index (χ3v) is 4.23.